The minimum Gasteiger partial charge on any atom is -0.491 e. The van der Waals surface area contributed by atoms with E-state index in [1.165, 1.54) is 24.3 Å². The van der Waals surface area contributed by atoms with Gasteiger partial charge in [0.05, 0.1) is 11.4 Å². The van der Waals surface area contributed by atoms with E-state index in [0.29, 0.717) is 31.0 Å². The van der Waals surface area contributed by atoms with Crippen molar-refractivity contribution in [3.63, 3.8) is 0 Å². The van der Waals surface area contributed by atoms with Crippen LogP contribution in [0.25, 0.3) is 11.1 Å². The van der Waals surface area contributed by atoms with Gasteiger partial charge in [-0.1, -0.05) is 12.1 Å². The maximum Gasteiger partial charge on any atom is 0.254 e. The van der Waals surface area contributed by atoms with Crippen molar-refractivity contribution in [3.05, 3.63) is 71.8 Å². The Balaban J connectivity index is 1.41. The second-order valence-corrected chi connectivity index (χ2v) is 9.10. The van der Waals surface area contributed by atoms with E-state index >= 15 is 0 Å². The third-order valence-corrected chi connectivity index (χ3v) is 6.39. The number of amides is 1. The molecular formula is C23H20N2O6S. The van der Waals surface area contributed by atoms with Crippen LogP contribution in [-0.4, -0.2) is 39.2 Å². The number of sulfonamides is 1. The molecule has 0 fully saturated rings. The first-order chi connectivity index (χ1) is 15.4. The Labute approximate surface area is 185 Å². The molecule has 0 saturated heterocycles. The van der Waals surface area contributed by atoms with Crippen LogP contribution in [-0.2, 0) is 16.6 Å². The molecule has 0 radical (unpaired) electrons. The van der Waals surface area contributed by atoms with Gasteiger partial charge in [-0.2, -0.15) is 0 Å². The summed E-state index contributed by atoms with van der Waals surface area (Å²) in [5, 5.41) is 5.14. The molecule has 0 unspecified atom stereocenters. The van der Waals surface area contributed by atoms with Crippen molar-refractivity contribution >= 4 is 15.9 Å². The van der Waals surface area contributed by atoms with Gasteiger partial charge in [0.2, 0.25) is 16.8 Å². The number of carbonyl (C=O) groups excluding carboxylic acids is 1. The zero-order valence-electron chi connectivity index (χ0n) is 17.0. The molecule has 0 atom stereocenters. The zero-order chi connectivity index (χ0) is 22.3. The summed E-state index contributed by atoms with van der Waals surface area (Å²) in [6.45, 7) is 1.34. The molecule has 2 aliphatic heterocycles. The van der Waals surface area contributed by atoms with Crippen LogP contribution in [0.5, 0.6) is 17.2 Å². The van der Waals surface area contributed by atoms with Crippen LogP contribution < -0.4 is 19.3 Å². The highest BCUT2D eigenvalue weighted by Gasteiger charge is 2.22. The molecule has 5 rings (SSSR count). The molecule has 2 aliphatic rings. The van der Waals surface area contributed by atoms with Crippen molar-refractivity contribution in [2.45, 2.75) is 11.4 Å². The van der Waals surface area contributed by atoms with Crippen LogP contribution in [0.15, 0.2) is 65.6 Å². The van der Waals surface area contributed by atoms with Gasteiger partial charge in [-0.05, 0) is 59.7 Å². The molecule has 32 heavy (non-hydrogen) atoms. The lowest BCUT2D eigenvalue weighted by atomic mass is 10.0. The summed E-state index contributed by atoms with van der Waals surface area (Å²) >= 11 is 0. The molecule has 0 aromatic heterocycles. The molecule has 3 aromatic rings. The van der Waals surface area contributed by atoms with E-state index in [2.05, 4.69) is 0 Å². The van der Waals surface area contributed by atoms with E-state index in [-0.39, 0.29) is 17.6 Å². The van der Waals surface area contributed by atoms with Crippen LogP contribution in [0.1, 0.15) is 15.9 Å². The number of ether oxygens (including phenoxy) is 3. The van der Waals surface area contributed by atoms with Gasteiger partial charge in [0.25, 0.3) is 5.91 Å². The minimum atomic E-state index is -3.81. The Hall–Kier alpha value is -3.56. The SMILES string of the molecule is NS(=O)(=O)c1ccc(C(=O)N2CCOc3ccc(-c4ccc5c(c4)OCO5)cc3C2)cc1. The summed E-state index contributed by atoms with van der Waals surface area (Å²) in [5.74, 6) is 1.94. The Bertz CT molecular complexity index is 1300. The van der Waals surface area contributed by atoms with Crippen LogP contribution in [0.2, 0.25) is 0 Å². The van der Waals surface area contributed by atoms with Gasteiger partial charge in [-0.15, -0.1) is 0 Å². The molecule has 9 heteroatoms. The van der Waals surface area contributed by atoms with Gasteiger partial charge in [0.1, 0.15) is 12.4 Å². The lowest BCUT2D eigenvalue weighted by molar-refractivity contribution is 0.0733. The van der Waals surface area contributed by atoms with Crippen LogP contribution in [0, 0.1) is 0 Å². The highest BCUT2D eigenvalue weighted by atomic mass is 32.2. The molecule has 8 nitrogen and oxygen atoms in total. The molecule has 3 aromatic carbocycles. The van der Waals surface area contributed by atoms with Crippen LogP contribution >= 0.6 is 0 Å². The van der Waals surface area contributed by atoms with Gasteiger partial charge in [0, 0.05) is 17.7 Å². The topological polar surface area (TPSA) is 108 Å². The summed E-state index contributed by atoms with van der Waals surface area (Å²) in [7, 11) is -3.81. The van der Waals surface area contributed by atoms with Crippen molar-refractivity contribution in [2.75, 3.05) is 19.9 Å². The number of carbonyl (C=O) groups is 1. The summed E-state index contributed by atoms with van der Waals surface area (Å²) < 4.78 is 39.6. The first-order valence-electron chi connectivity index (χ1n) is 9.96. The molecule has 0 aliphatic carbocycles. The summed E-state index contributed by atoms with van der Waals surface area (Å²) in [6.07, 6.45) is 0. The fraction of sp³-hybridized carbons (Fsp3) is 0.174. The number of hydrogen-bond acceptors (Lipinski definition) is 6. The first kappa shape index (κ1) is 20.3. The maximum atomic E-state index is 13.1. The van der Waals surface area contributed by atoms with Gasteiger partial charge >= 0.3 is 0 Å². The Morgan fingerprint density at radius 2 is 1.53 bits per heavy atom. The third-order valence-electron chi connectivity index (χ3n) is 5.46. The fourth-order valence-electron chi connectivity index (χ4n) is 3.79. The summed E-state index contributed by atoms with van der Waals surface area (Å²) in [6, 6.07) is 17.3. The standard InChI is InChI=1S/C23H20N2O6S/c24-32(27,28)19-5-1-15(2-6-19)23(26)25-9-10-29-20-7-3-16(11-18(20)13-25)17-4-8-21-22(12-17)31-14-30-21/h1-8,11-12H,9-10,13-14H2,(H2,24,27,28). The second kappa shape index (κ2) is 7.85. The summed E-state index contributed by atoms with van der Waals surface area (Å²) in [4.78, 5) is 14.7. The largest absolute Gasteiger partial charge is 0.491 e. The van der Waals surface area contributed by atoms with Gasteiger partial charge in [-0.3, -0.25) is 4.79 Å². The van der Waals surface area contributed by atoms with E-state index in [0.717, 1.165) is 28.2 Å². The number of hydrogen-bond donors (Lipinski definition) is 1. The van der Waals surface area contributed by atoms with Crippen molar-refractivity contribution in [3.8, 4) is 28.4 Å². The lowest BCUT2D eigenvalue weighted by Gasteiger charge is -2.20. The molecule has 164 valence electrons. The minimum absolute atomic E-state index is 0.0352. The fourth-order valence-corrected chi connectivity index (χ4v) is 4.31. The van der Waals surface area contributed by atoms with Crippen LogP contribution in [0.3, 0.4) is 0 Å². The normalized spacial score (nSPS) is 15.0. The molecule has 0 saturated carbocycles. The molecule has 2 N–H and O–H groups in total. The molecule has 0 bridgehead atoms. The summed E-state index contributed by atoms with van der Waals surface area (Å²) in [5.41, 5.74) is 3.20. The predicted octanol–water partition coefficient (Wildman–Crippen LogP) is 2.76. The van der Waals surface area contributed by atoms with Crippen molar-refractivity contribution in [2.24, 2.45) is 5.14 Å². The zero-order valence-corrected chi connectivity index (χ0v) is 17.8. The van der Waals surface area contributed by atoms with E-state index < -0.39 is 10.0 Å². The van der Waals surface area contributed by atoms with Crippen molar-refractivity contribution < 1.29 is 27.4 Å². The Morgan fingerprint density at radius 1 is 0.844 bits per heavy atom. The van der Waals surface area contributed by atoms with E-state index in [1.54, 1.807) is 4.90 Å². The van der Waals surface area contributed by atoms with E-state index in [1.807, 2.05) is 36.4 Å². The van der Waals surface area contributed by atoms with Gasteiger partial charge in [-0.25, -0.2) is 13.6 Å². The lowest BCUT2D eigenvalue weighted by Crippen LogP contribution is -2.32. The highest BCUT2D eigenvalue weighted by Crippen LogP contribution is 2.37. The van der Waals surface area contributed by atoms with Gasteiger partial charge < -0.3 is 19.1 Å². The van der Waals surface area contributed by atoms with Gasteiger partial charge in [0.15, 0.2) is 11.5 Å². The third kappa shape index (κ3) is 3.88. The molecule has 1 amide bonds. The highest BCUT2D eigenvalue weighted by molar-refractivity contribution is 7.89. The second-order valence-electron chi connectivity index (χ2n) is 7.54. The van der Waals surface area contributed by atoms with Crippen molar-refractivity contribution in [1.82, 2.24) is 4.90 Å². The maximum absolute atomic E-state index is 13.1. The van der Waals surface area contributed by atoms with Crippen molar-refractivity contribution in [1.29, 1.82) is 0 Å². The Kier molecular flexibility index (Phi) is 4.99. The first-order valence-corrected chi connectivity index (χ1v) is 11.5. The Morgan fingerprint density at radius 3 is 2.28 bits per heavy atom. The number of rotatable bonds is 3. The molecular weight excluding hydrogens is 432 g/mol. The van der Waals surface area contributed by atoms with E-state index in [4.69, 9.17) is 19.3 Å². The average molecular weight is 452 g/mol. The molecule has 2 heterocycles. The quantitative estimate of drug-likeness (QED) is 0.655. The van der Waals surface area contributed by atoms with E-state index in [9.17, 15) is 13.2 Å². The average Bonchev–Trinajstić information content (AvgIpc) is 3.15. The molecule has 0 spiro atoms. The number of fused-ring (bicyclic) bond motifs is 2. The monoisotopic (exact) mass is 452 g/mol. The number of benzene rings is 3. The van der Waals surface area contributed by atoms with Crippen LogP contribution in [0.4, 0.5) is 0 Å². The number of nitrogens with two attached hydrogens (primary N) is 1. The number of primary sulfonamides is 1. The predicted molar refractivity (Wildman–Crippen MR) is 116 cm³/mol. The smallest absolute Gasteiger partial charge is 0.254 e. The number of nitrogens with zero attached hydrogens (tertiary/aromatic N) is 1.